The Morgan fingerprint density at radius 3 is 2.43 bits per heavy atom. The van der Waals surface area contributed by atoms with Crippen LogP contribution in [0.5, 0.6) is 5.75 Å². The number of rotatable bonds is 12. The minimum atomic E-state index is -0.798. The van der Waals surface area contributed by atoms with Gasteiger partial charge < -0.3 is 14.3 Å². The van der Waals surface area contributed by atoms with Gasteiger partial charge in [0.05, 0.1) is 12.3 Å². The van der Waals surface area contributed by atoms with Crippen molar-refractivity contribution in [3.63, 3.8) is 0 Å². The van der Waals surface area contributed by atoms with Crippen LogP contribution in [0.2, 0.25) is 0 Å². The molecule has 4 aromatic rings. The van der Waals surface area contributed by atoms with E-state index in [1.165, 1.54) is 0 Å². The van der Waals surface area contributed by atoms with Crippen LogP contribution in [0, 0.1) is 6.92 Å². The highest BCUT2D eigenvalue weighted by molar-refractivity contribution is 7.08. The lowest BCUT2D eigenvalue weighted by Gasteiger charge is -2.28. The molecule has 0 aliphatic carbocycles. The van der Waals surface area contributed by atoms with Crippen LogP contribution < -0.4 is 4.74 Å². The van der Waals surface area contributed by atoms with Crippen LogP contribution in [0.4, 0.5) is 0 Å². The number of aliphatic carboxylic acids is 1. The molecule has 6 nitrogen and oxygen atoms in total. The maximum absolute atomic E-state index is 11.9. The highest BCUT2D eigenvalue weighted by Gasteiger charge is 2.24. The molecule has 0 aliphatic heterocycles. The van der Waals surface area contributed by atoms with E-state index in [4.69, 9.17) is 9.15 Å². The van der Waals surface area contributed by atoms with Gasteiger partial charge >= 0.3 is 5.97 Å². The van der Waals surface area contributed by atoms with Crippen LogP contribution in [0.15, 0.2) is 75.8 Å². The van der Waals surface area contributed by atoms with Crippen molar-refractivity contribution in [2.24, 2.45) is 0 Å². The number of hydrogen-bond acceptors (Lipinski definition) is 6. The van der Waals surface area contributed by atoms with E-state index in [1.54, 1.807) is 11.3 Å². The third kappa shape index (κ3) is 6.59. The fraction of sp³-hybridized carbons (Fsp3) is 0.286. The molecule has 2 aromatic heterocycles. The van der Waals surface area contributed by atoms with Crippen molar-refractivity contribution in [3.05, 3.63) is 94.0 Å². The smallest absolute Gasteiger partial charge is 0.320 e. The second-order valence-corrected chi connectivity index (χ2v) is 9.21. The third-order valence-corrected chi connectivity index (χ3v) is 6.60. The lowest BCUT2D eigenvalue weighted by atomic mass is 10.1. The second-order valence-electron chi connectivity index (χ2n) is 8.43. The van der Waals surface area contributed by atoms with Crippen molar-refractivity contribution in [2.45, 2.75) is 45.8 Å². The molecule has 0 amide bonds. The Balaban J connectivity index is 1.35. The van der Waals surface area contributed by atoms with Gasteiger partial charge in [-0.2, -0.15) is 11.3 Å². The number of thiophene rings is 1. The molecule has 0 bridgehead atoms. The molecule has 35 heavy (non-hydrogen) atoms. The number of aryl methyl sites for hydroxylation is 1. The topological polar surface area (TPSA) is 75.8 Å². The summed E-state index contributed by atoms with van der Waals surface area (Å²) in [5.41, 5.74) is 4.03. The first-order valence-electron chi connectivity index (χ1n) is 11.7. The summed E-state index contributed by atoms with van der Waals surface area (Å²) in [6.07, 6.45) is 1.20. The Kier molecular flexibility index (Phi) is 8.34. The van der Waals surface area contributed by atoms with Crippen molar-refractivity contribution >= 4 is 17.3 Å². The van der Waals surface area contributed by atoms with Crippen LogP contribution in [0.3, 0.4) is 0 Å². The summed E-state index contributed by atoms with van der Waals surface area (Å²) in [7, 11) is 0. The number of oxazole rings is 1. The maximum Gasteiger partial charge on any atom is 0.320 e. The number of hydrogen-bond donors (Lipinski definition) is 1. The normalized spacial score (nSPS) is 12.1. The first kappa shape index (κ1) is 24.7. The number of carbonyl (C=O) groups is 1. The average Bonchev–Trinajstić information content (AvgIpc) is 3.51. The van der Waals surface area contributed by atoms with Crippen LogP contribution in [-0.2, 0) is 24.3 Å². The van der Waals surface area contributed by atoms with Crippen molar-refractivity contribution in [3.8, 4) is 17.2 Å². The molecule has 0 saturated heterocycles. The predicted octanol–water partition coefficient (Wildman–Crippen LogP) is 6.20. The number of ether oxygens (including phenoxy) is 1. The van der Waals surface area contributed by atoms with Gasteiger partial charge in [-0.15, -0.1) is 0 Å². The lowest BCUT2D eigenvalue weighted by molar-refractivity contribution is -0.144. The van der Waals surface area contributed by atoms with Crippen molar-refractivity contribution in [1.82, 2.24) is 9.88 Å². The molecule has 0 saturated carbocycles. The molecular formula is C28H30N2O4S. The van der Waals surface area contributed by atoms with Crippen LogP contribution in [0.25, 0.3) is 11.5 Å². The Labute approximate surface area is 209 Å². The summed E-state index contributed by atoms with van der Waals surface area (Å²) in [4.78, 5) is 18.5. The van der Waals surface area contributed by atoms with E-state index in [0.29, 0.717) is 38.4 Å². The summed E-state index contributed by atoms with van der Waals surface area (Å²) >= 11 is 1.62. The fourth-order valence-corrected chi connectivity index (χ4v) is 4.67. The molecule has 0 radical (unpaired) electrons. The van der Waals surface area contributed by atoms with E-state index in [1.807, 2.05) is 90.2 Å². The minimum Gasteiger partial charge on any atom is -0.493 e. The molecule has 2 heterocycles. The quantitative estimate of drug-likeness (QED) is 0.255. The van der Waals surface area contributed by atoms with Crippen molar-refractivity contribution < 1.29 is 19.1 Å². The molecule has 1 unspecified atom stereocenters. The molecular weight excluding hydrogens is 460 g/mol. The van der Waals surface area contributed by atoms with Crippen LogP contribution in [0.1, 0.15) is 35.9 Å². The minimum absolute atomic E-state index is 0.493. The zero-order chi connectivity index (χ0) is 24.6. The standard InChI is InChI=1S/C28H30N2O4S/c1-3-26(28(31)32)30(17-21-7-5-4-6-8-21)18-22-9-11-24(12-10-22)33-15-13-25-20(2)34-27(29-25)23-14-16-35-19-23/h4-12,14,16,19,26H,3,13,15,17-18H2,1-2H3,(H,31,32). The molecule has 0 fully saturated rings. The highest BCUT2D eigenvalue weighted by Crippen LogP contribution is 2.24. The summed E-state index contributed by atoms with van der Waals surface area (Å²) in [6, 6.07) is 19.3. The largest absolute Gasteiger partial charge is 0.493 e. The van der Waals surface area contributed by atoms with E-state index in [0.717, 1.165) is 33.9 Å². The van der Waals surface area contributed by atoms with Crippen molar-refractivity contribution in [1.29, 1.82) is 0 Å². The van der Waals surface area contributed by atoms with E-state index in [-0.39, 0.29) is 0 Å². The second kappa shape index (κ2) is 11.8. The summed E-state index contributed by atoms with van der Waals surface area (Å²) in [6.45, 7) is 5.45. The monoisotopic (exact) mass is 490 g/mol. The average molecular weight is 491 g/mol. The molecule has 2 aromatic carbocycles. The first-order chi connectivity index (χ1) is 17.0. The SMILES string of the molecule is CCC(C(=O)O)N(Cc1ccccc1)Cc1ccc(OCCc2nc(-c3ccsc3)oc2C)cc1. The van der Waals surface area contributed by atoms with Crippen LogP contribution >= 0.6 is 11.3 Å². The summed E-state index contributed by atoms with van der Waals surface area (Å²) in [5.74, 6) is 1.43. The maximum atomic E-state index is 11.9. The first-order valence-corrected chi connectivity index (χ1v) is 12.7. The Hall–Kier alpha value is -3.42. The molecule has 1 atom stereocenters. The molecule has 0 aliphatic rings. The lowest BCUT2D eigenvalue weighted by Crippen LogP contribution is -2.39. The number of carboxylic acid groups (broad SMARTS) is 1. The zero-order valence-electron chi connectivity index (χ0n) is 20.0. The molecule has 0 spiro atoms. The molecule has 1 N–H and O–H groups in total. The summed E-state index contributed by atoms with van der Waals surface area (Å²) < 4.78 is 11.7. The Morgan fingerprint density at radius 1 is 1.09 bits per heavy atom. The van der Waals surface area contributed by atoms with Gasteiger partial charge in [-0.25, -0.2) is 4.98 Å². The molecule has 182 valence electrons. The van der Waals surface area contributed by atoms with Gasteiger partial charge in [0.15, 0.2) is 0 Å². The number of aromatic nitrogens is 1. The van der Waals surface area contributed by atoms with E-state index >= 15 is 0 Å². The van der Waals surface area contributed by atoms with Gasteiger partial charge in [0, 0.05) is 30.5 Å². The molecule has 4 rings (SSSR count). The number of carboxylic acids is 1. The van der Waals surface area contributed by atoms with E-state index in [9.17, 15) is 9.90 Å². The predicted molar refractivity (Wildman–Crippen MR) is 138 cm³/mol. The summed E-state index contributed by atoms with van der Waals surface area (Å²) in [5, 5.41) is 13.8. The number of benzene rings is 2. The fourth-order valence-electron chi connectivity index (χ4n) is 4.04. The van der Waals surface area contributed by atoms with E-state index < -0.39 is 12.0 Å². The van der Waals surface area contributed by atoms with Gasteiger partial charge in [-0.05, 0) is 48.1 Å². The van der Waals surface area contributed by atoms with Gasteiger partial charge in [0.2, 0.25) is 5.89 Å². The van der Waals surface area contributed by atoms with E-state index in [2.05, 4.69) is 4.98 Å². The zero-order valence-corrected chi connectivity index (χ0v) is 20.8. The number of nitrogens with zero attached hydrogens (tertiary/aromatic N) is 2. The van der Waals surface area contributed by atoms with Gasteiger partial charge in [0.25, 0.3) is 0 Å². The third-order valence-electron chi connectivity index (χ3n) is 5.92. The molecule has 7 heteroatoms. The Morgan fingerprint density at radius 2 is 1.80 bits per heavy atom. The highest BCUT2D eigenvalue weighted by atomic mass is 32.1. The van der Waals surface area contributed by atoms with Gasteiger partial charge in [-0.1, -0.05) is 49.4 Å². The van der Waals surface area contributed by atoms with Crippen LogP contribution in [-0.4, -0.2) is 33.6 Å². The van der Waals surface area contributed by atoms with Gasteiger partial charge in [0.1, 0.15) is 17.6 Å². The van der Waals surface area contributed by atoms with Crippen molar-refractivity contribution in [2.75, 3.05) is 6.61 Å². The Bertz CT molecular complexity index is 1200. The van der Waals surface area contributed by atoms with Gasteiger partial charge in [-0.3, -0.25) is 9.69 Å².